The molecule has 8 nitrogen and oxygen atoms in total. The number of amides is 1. The Hall–Kier alpha value is -2.62. The topological polar surface area (TPSA) is 105 Å². The van der Waals surface area contributed by atoms with Crippen LogP contribution >= 0.6 is 0 Å². The molecule has 1 saturated heterocycles. The monoisotopic (exact) mass is 420 g/mol. The van der Waals surface area contributed by atoms with Gasteiger partial charge in [0.05, 0.1) is 12.0 Å². The van der Waals surface area contributed by atoms with Gasteiger partial charge in [0.1, 0.15) is 23.3 Å². The minimum atomic E-state index is -3.90. The maximum Gasteiger partial charge on any atom is 0.261 e. The van der Waals surface area contributed by atoms with Crippen molar-refractivity contribution in [3.05, 3.63) is 48.5 Å². The van der Waals surface area contributed by atoms with Crippen molar-refractivity contribution in [3.63, 3.8) is 0 Å². The van der Waals surface area contributed by atoms with E-state index in [1.165, 1.54) is 16.4 Å². The molecule has 2 aromatic carbocycles. The molecule has 0 radical (unpaired) electrons. The third-order valence-corrected chi connectivity index (χ3v) is 6.76. The van der Waals surface area contributed by atoms with Crippen LogP contribution in [0.4, 0.5) is 0 Å². The van der Waals surface area contributed by atoms with Crippen molar-refractivity contribution in [2.45, 2.75) is 36.6 Å². The average molecular weight is 420 g/mol. The Labute approximate surface area is 170 Å². The third-order valence-electron chi connectivity index (χ3n) is 4.84. The van der Waals surface area contributed by atoms with E-state index in [4.69, 9.17) is 14.7 Å². The highest BCUT2D eigenvalue weighted by molar-refractivity contribution is 7.89. The van der Waals surface area contributed by atoms with Crippen molar-refractivity contribution in [1.29, 1.82) is 0 Å². The van der Waals surface area contributed by atoms with Gasteiger partial charge in [-0.25, -0.2) is 13.9 Å². The third kappa shape index (κ3) is 4.87. The molecule has 156 valence electrons. The summed E-state index contributed by atoms with van der Waals surface area (Å²) in [5, 5.41) is 9.00. The summed E-state index contributed by atoms with van der Waals surface area (Å²) in [6.07, 6.45) is 2.58. The van der Waals surface area contributed by atoms with Gasteiger partial charge < -0.3 is 9.47 Å². The molecule has 29 heavy (non-hydrogen) atoms. The number of hydrogen-bond acceptors (Lipinski definition) is 6. The number of hydroxylamine groups is 1. The second kappa shape index (κ2) is 9.25. The predicted octanol–water partition coefficient (Wildman–Crippen LogP) is 2.93. The first-order valence-electron chi connectivity index (χ1n) is 9.33. The maximum absolute atomic E-state index is 13.1. The van der Waals surface area contributed by atoms with Gasteiger partial charge in [0.2, 0.25) is 10.0 Å². The number of rotatable bonds is 6. The highest BCUT2D eigenvalue weighted by atomic mass is 32.2. The van der Waals surface area contributed by atoms with Gasteiger partial charge in [-0.2, -0.15) is 4.31 Å². The van der Waals surface area contributed by atoms with Crippen LogP contribution in [0, 0.1) is 0 Å². The zero-order chi connectivity index (χ0) is 20.9. The van der Waals surface area contributed by atoms with Gasteiger partial charge in [0.25, 0.3) is 5.91 Å². The molecule has 0 saturated carbocycles. The summed E-state index contributed by atoms with van der Waals surface area (Å²) in [4.78, 5) is 12.1. The van der Waals surface area contributed by atoms with E-state index in [-0.39, 0.29) is 11.4 Å². The van der Waals surface area contributed by atoms with Gasteiger partial charge in [-0.1, -0.05) is 12.8 Å². The number of nitrogens with zero attached hydrogens (tertiary/aromatic N) is 1. The summed E-state index contributed by atoms with van der Waals surface area (Å²) in [7, 11) is -2.32. The number of hydrogen-bond donors (Lipinski definition) is 2. The van der Waals surface area contributed by atoms with Gasteiger partial charge in [-0.3, -0.25) is 10.0 Å². The number of carbonyl (C=O) groups is 1. The lowest BCUT2D eigenvalue weighted by Gasteiger charge is -2.27. The summed E-state index contributed by atoms with van der Waals surface area (Å²) in [6.45, 7) is 0.227. The Morgan fingerprint density at radius 3 is 2.17 bits per heavy atom. The highest BCUT2D eigenvalue weighted by Crippen LogP contribution is 2.28. The second-order valence-corrected chi connectivity index (χ2v) is 8.60. The molecular weight excluding hydrogens is 396 g/mol. The Kier molecular flexibility index (Phi) is 6.73. The molecule has 2 aromatic rings. The van der Waals surface area contributed by atoms with Crippen molar-refractivity contribution in [2.75, 3.05) is 13.7 Å². The fourth-order valence-electron chi connectivity index (χ4n) is 3.30. The van der Waals surface area contributed by atoms with Crippen LogP contribution in [-0.4, -0.2) is 43.5 Å². The summed E-state index contributed by atoms with van der Waals surface area (Å²) >= 11 is 0. The number of methoxy groups -OCH3 is 1. The fraction of sp³-hybridized carbons (Fsp3) is 0.350. The summed E-state index contributed by atoms with van der Waals surface area (Å²) < 4.78 is 38.2. The molecule has 0 spiro atoms. The smallest absolute Gasteiger partial charge is 0.261 e. The Morgan fingerprint density at radius 1 is 1.00 bits per heavy atom. The normalized spacial score (nSPS) is 17.9. The molecule has 1 aliphatic rings. The summed E-state index contributed by atoms with van der Waals surface area (Å²) in [6, 6.07) is 12.1. The average Bonchev–Trinajstić information content (AvgIpc) is 3.01. The molecule has 1 fully saturated rings. The number of carbonyl (C=O) groups excluding carboxylic acids is 1. The number of nitrogens with one attached hydrogen (secondary N) is 1. The first-order chi connectivity index (χ1) is 14.0. The lowest BCUT2D eigenvalue weighted by atomic mass is 10.1. The van der Waals surface area contributed by atoms with Crippen LogP contribution in [0.1, 0.15) is 25.7 Å². The molecule has 1 unspecified atom stereocenters. The van der Waals surface area contributed by atoms with E-state index in [1.54, 1.807) is 49.0 Å². The molecule has 3 rings (SSSR count). The number of benzene rings is 2. The Balaban J connectivity index is 1.80. The minimum absolute atomic E-state index is 0.0669. The van der Waals surface area contributed by atoms with Crippen LogP contribution in [-0.2, 0) is 14.8 Å². The lowest BCUT2D eigenvalue weighted by molar-refractivity contribution is -0.133. The maximum atomic E-state index is 13.1. The van der Waals surface area contributed by atoms with Crippen LogP contribution < -0.4 is 15.0 Å². The van der Waals surface area contributed by atoms with Crippen molar-refractivity contribution in [1.82, 2.24) is 9.79 Å². The molecule has 0 bridgehead atoms. The van der Waals surface area contributed by atoms with Crippen molar-refractivity contribution in [3.8, 4) is 17.2 Å². The van der Waals surface area contributed by atoms with Crippen molar-refractivity contribution in [2.24, 2.45) is 0 Å². The van der Waals surface area contributed by atoms with E-state index in [0.29, 0.717) is 30.1 Å². The first kappa shape index (κ1) is 21.1. The molecule has 2 N–H and O–H groups in total. The quantitative estimate of drug-likeness (QED) is 0.550. The van der Waals surface area contributed by atoms with Crippen molar-refractivity contribution >= 4 is 15.9 Å². The zero-order valence-electron chi connectivity index (χ0n) is 16.1. The second-order valence-electron chi connectivity index (χ2n) is 6.71. The van der Waals surface area contributed by atoms with Gasteiger partial charge in [-0.05, 0) is 61.4 Å². The molecular formula is C20H24N2O6S. The van der Waals surface area contributed by atoms with Gasteiger partial charge in [0, 0.05) is 6.54 Å². The lowest BCUT2D eigenvalue weighted by Crippen LogP contribution is -2.48. The Morgan fingerprint density at radius 2 is 1.59 bits per heavy atom. The first-order valence-corrected chi connectivity index (χ1v) is 10.8. The van der Waals surface area contributed by atoms with E-state index in [0.717, 1.165) is 12.8 Å². The highest BCUT2D eigenvalue weighted by Gasteiger charge is 2.36. The zero-order valence-corrected chi connectivity index (χ0v) is 16.9. The van der Waals surface area contributed by atoms with Crippen LogP contribution in [0.3, 0.4) is 0 Å². The molecule has 1 atom stereocenters. The standard InChI is InChI=1S/C20H24N2O6S/c1-27-15-6-8-16(9-7-15)28-17-10-12-18(13-11-17)29(25,26)22-14-4-2-3-5-19(22)20(23)21-24/h6-13,19,24H,2-5,14H2,1H3,(H,21,23). The van der Waals surface area contributed by atoms with E-state index in [1.807, 2.05) is 0 Å². The Bertz CT molecular complexity index is 928. The molecule has 0 aromatic heterocycles. The minimum Gasteiger partial charge on any atom is -0.497 e. The largest absolute Gasteiger partial charge is 0.497 e. The van der Waals surface area contributed by atoms with Crippen LogP contribution in [0.15, 0.2) is 53.4 Å². The van der Waals surface area contributed by atoms with Gasteiger partial charge in [0.15, 0.2) is 0 Å². The summed E-state index contributed by atoms with van der Waals surface area (Å²) in [5.41, 5.74) is 1.59. The van der Waals surface area contributed by atoms with Crippen LogP contribution in [0.5, 0.6) is 17.2 Å². The molecule has 1 aliphatic heterocycles. The molecule has 1 amide bonds. The van der Waals surface area contributed by atoms with Crippen LogP contribution in [0.2, 0.25) is 0 Å². The predicted molar refractivity (Wildman–Crippen MR) is 106 cm³/mol. The number of sulfonamides is 1. The molecule has 1 heterocycles. The van der Waals surface area contributed by atoms with E-state index >= 15 is 0 Å². The molecule has 0 aliphatic carbocycles. The van der Waals surface area contributed by atoms with E-state index in [2.05, 4.69) is 0 Å². The van der Waals surface area contributed by atoms with Crippen LogP contribution in [0.25, 0.3) is 0 Å². The molecule has 9 heteroatoms. The fourth-order valence-corrected chi connectivity index (χ4v) is 4.96. The summed E-state index contributed by atoms with van der Waals surface area (Å²) in [5.74, 6) is 1.07. The van der Waals surface area contributed by atoms with E-state index in [9.17, 15) is 13.2 Å². The number of ether oxygens (including phenoxy) is 2. The SMILES string of the molecule is COc1ccc(Oc2ccc(S(=O)(=O)N3CCCCCC3C(=O)NO)cc2)cc1. The van der Waals surface area contributed by atoms with Gasteiger partial charge >= 0.3 is 0 Å². The van der Waals surface area contributed by atoms with E-state index < -0.39 is 22.0 Å². The van der Waals surface area contributed by atoms with Gasteiger partial charge in [-0.15, -0.1) is 0 Å². The van der Waals surface area contributed by atoms with Crippen molar-refractivity contribution < 1.29 is 27.9 Å².